The second kappa shape index (κ2) is 10.2. The SMILES string of the molecule is CCCCCCc1ccc(Oc2ccccc2)c(S(=O)(=O)O)c1[O-].[Na+]. The smallest absolute Gasteiger partial charge is 0.871 e. The first-order valence-electron chi connectivity index (χ1n) is 7.96. The van der Waals surface area contributed by atoms with Crippen molar-refractivity contribution >= 4 is 10.1 Å². The molecule has 2 aromatic carbocycles. The molecule has 1 N–H and O–H groups in total. The Bertz CT molecular complexity index is 776. The van der Waals surface area contributed by atoms with Gasteiger partial charge in [0.15, 0.2) is 0 Å². The maximum atomic E-state index is 12.5. The van der Waals surface area contributed by atoms with Gasteiger partial charge in [-0.3, -0.25) is 4.55 Å². The van der Waals surface area contributed by atoms with E-state index < -0.39 is 20.8 Å². The first-order valence-corrected chi connectivity index (χ1v) is 9.40. The van der Waals surface area contributed by atoms with Gasteiger partial charge < -0.3 is 9.84 Å². The van der Waals surface area contributed by atoms with Crippen LogP contribution in [0.2, 0.25) is 0 Å². The first-order chi connectivity index (χ1) is 11.4. The summed E-state index contributed by atoms with van der Waals surface area (Å²) in [4.78, 5) is -0.695. The Hall–Kier alpha value is -1.05. The Labute approximate surface area is 171 Å². The Morgan fingerprint density at radius 3 is 2.32 bits per heavy atom. The van der Waals surface area contributed by atoms with E-state index in [1.807, 2.05) is 0 Å². The molecule has 5 nitrogen and oxygen atoms in total. The summed E-state index contributed by atoms with van der Waals surface area (Å²) in [6.07, 6.45) is 4.39. The number of para-hydroxylation sites is 1. The summed E-state index contributed by atoms with van der Waals surface area (Å²) >= 11 is 0. The zero-order chi connectivity index (χ0) is 17.6. The zero-order valence-electron chi connectivity index (χ0n) is 14.6. The molecule has 7 heteroatoms. The number of aryl methyl sites for hydroxylation is 1. The monoisotopic (exact) mass is 372 g/mol. The van der Waals surface area contributed by atoms with Crippen molar-refractivity contribution in [2.75, 3.05) is 0 Å². The summed E-state index contributed by atoms with van der Waals surface area (Å²) in [7, 11) is -4.68. The van der Waals surface area contributed by atoms with Crippen LogP contribution >= 0.6 is 0 Å². The van der Waals surface area contributed by atoms with Gasteiger partial charge in [0.25, 0.3) is 10.1 Å². The van der Waals surface area contributed by atoms with Crippen LogP contribution in [0.5, 0.6) is 17.2 Å². The molecule has 0 aliphatic heterocycles. The van der Waals surface area contributed by atoms with E-state index in [1.54, 1.807) is 36.4 Å². The van der Waals surface area contributed by atoms with Crippen molar-refractivity contribution in [3.8, 4) is 17.2 Å². The molecular formula is C18H21NaO5S. The van der Waals surface area contributed by atoms with Gasteiger partial charge in [-0.2, -0.15) is 8.42 Å². The van der Waals surface area contributed by atoms with E-state index in [0.717, 1.165) is 25.7 Å². The predicted octanol–water partition coefficient (Wildman–Crippen LogP) is 0.926. The predicted molar refractivity (Wildman–Crippen MR) is 90.1 cm³/mol. The molecule has 0 heterocycles. The van der Waals surface area contributed by atoms with Crippen LogP contribution in [0.25, 0.3) is 0 Å². The van der Waals surface area contributed by atoms with Gasteiger partial charge in [-0.15, -0.1) is 0 Å². The number of benzene rings is 2. The Balaban J connectivity index is 0.00000312. The Morgan fingerprint density at radius 2 is 1.72 bits per heavy atom. The molecule has 130 valence electrons. The summed E-state index contributed by atoms with van der Waals surface area (Å²) in [5.41, 5.74) is 0.374. The molecule has 0 bridgehead atoms. The Kier molecular flexibility index (Phi) is 8.96. The largest absolute Gasteiger partial charge is 1.00 e. The minimum absolute atomic E-state index is 0. The van der Waals surface area contributed by atoms with E-state index in [2.05, 4.69) is 6.92 Å². The molecule has 0 fully saturated rings. The molecule has 0 spiro atoms. The van der Waals surface area contributed by atoms with Crippen molar-refractivity contribution in [1.82, 2.24) is 0 Å². The van der Waals surface area contributed by atoms with Crippen LogP contribution in [0.1, 0.15) is 38.2 Å². The van der Waals surface area contributed by atoms with E-state index in [-0.39, 0.29) is 35.3 Å². The third kappa shape index (κ3) is 6.31. The topological polar surface area (TPSA) is 86.7 Å². The van der Waals surface area contributed by atoms with E-state index >= 15 is 0 Å². The first kappa shape index (κ1) is 22.0. The van der Waals surface area contributed by atoms with Crippen molar-refractivity contribution in [3.63, 3.8) is 0 Å². The van der Waals surface area contributed by atoms with Crippen molar-refractivity contribution in [2.45, 2.75) is 43.9 Å². The molecule has 0 unspecified atom stereocenters. The molecule has 0 aromatic heterocycles. The minimum atomic E-state index is -4.68. The van der Waals surface area contributed by atoms with E-state index in [9.17, 15) is 18.1 Å². The fourth-order valence-corrected chi connectivity index (χ4v) is 3.19. The summed E-state index contributed by atoms with van der Waals surface area (Å²) in [6, 6.07) is 11.5. The molecule has 0 saturated heterocycles. The summed E-state index contributed by atoms with van der Waals surface area (Å²) in [5, 5.41) is 12.5. The molecule has 0 radical (unpaired) electrons. The van der Waals surface area contributed by atoms with Gasteiger partial charge in [-0.25, -0.2) is 0 Å². The van der Waals surface area contributed by atoms with Gasteiger partial charge in [-0.05, 0) is 31.0 Å². The molecule has 0 saturated carbocycles. The Morgan fingerprint density at radius 1 is 1.04 bits per heavy atom. The van der Waals surface area contributed by atoms with Crippen LogP contribution < -0.4 is 39.4 Å². The molecule has 0 amide bonds. The number of hydrogen-bond acceptors (Lipinski definition) is 4. The van der Waals surface area contributed by atoms with Crippen LogP contribution in [-0.2, 0) is 16.5 Å². The van der Waals surface area contributed by atoms with Crippen molar-refractivity contribution in [1.29, 1.82) is 0 Å². The maximum absolute atomic E-state index is 12.5. The third-order valence-electron chi connectivity index (χ3n) is 3.69. The molecule has 25 heavy (non-hydrogen) atoms. The molecular weight excluding hydrogens is 351 g/mol. The van der Waals surface area contributed by atoms with Crippen LogP contribution in [0.4, 0.5) is 0 Å². The summed E-state index contributed by atoms with van der Waals surface area (Å²) < 4.78 is 38.3. The quantitative estimate of drug-likeness (QED) is 0.423. The summed E-state index contributed by atoms with van der Waals surface area (Å²) in [5.74, 6) is -0.467. The van der Waals surface area contributed by atoms with Gasteiger partial charge >= 0.3 is 29.6 Å². The van der Waals surface area contributed by atoms with Gasteiger partial charge in [-0.1, -0.05) is 61.8 Å². The van der Waals surface area contributed by atoms with Gasteiger partial charge in [0.1, 0.15) is 16.4 Å². The van der Waals surface area contributed by atoms with Crippen molar-refractivity contribution < 1.29 is 52.4 Å². The fourth-order valence-electron chi connectivity index (χ4n) is 2.46. The normalized spacial score (nSPS) is 11.0. The van der Waals surface area contributed by atoms with Gasteiger partial charge in [0.05, 0.1) is 0 Å². The minimum Gasteiger partial charge on any atom is -0.871 e. The second-order valence-corrected chi connectivity index (χ2v) is 6.94. The van der Waals surface area contributed by atoms with Crippen LogP contribution in [0.15, 0.2) is 47.4 Å². The van der Waals surface area contributed by atoms with Gasteiger partial charge in [0, 0.05) is 0 Å². The maximum Gasteiger partial charge on any atom is 1.00 e. The van der Waals surface area contributed by atoms with Crippen LogP contribution in [-0.4, -0.2) is 13.0 Å². The number of rotatable bonds is 8. The van der Waals surface area contributed by atoms with E-state index in [1.165, 1.54) is 6.07 Å². The zero-order valence-corrected chi connectivity index (χ0v) is 17.4. The van der Waals surface area contributed by atoms with Crippen LogP contribution in [0, 0.1) is 0 Å². The second-order valence-electron chi connectivity index (χ2n) is 5.58. The van der Waals surface area contributed by atoms with Crippen LogP contribution in [0.3, 0.4) is 0 Å². The standard InChI is InChI=1S/C18H22O5S.Na/c1-2-3-4-6-9-14-12-13-16(18(17(14)19)24(20,21)22)23-15-10-7-5-8-11-15;/h5,7-8,10-13,19H,2-4,6,9H2,1H3,(H,20,21,22);/q;+1/p-1. The average Bonchev–Trinajstić information content (AvgIpc) is 2.53. The molecule has 0 atom stereocenters. The van der Waals surface area contributed by atoms with Gasteiger partial charge in [0.2, 0.25) is 0 Å². The van der Waals surface area contributed by atoms with Crippen molar-refractivity contribution in [2.24, 2.45) is 0 Å². The summed E-state index contributed by atoms with van der Waals surface area (Å²) in [6.45, 7) is 2.09. The number of unbranched alkanes of at least 4 members (excludes halogenated alkanes) is 3. The molecule has 0 aliphatic rings. The van der Waals surface area contributed by atoms with E-state index in [4.69, 9.17) is 4.74 Å². The third-order valence-corrected chi connectivity index (χ3v) is 4.59. The number of ether oxygens (including phenoxy) is 1. The number of hydrogen-bond donors (Lipinski definition) is 1. The fraction of sp³-hybridized carbons (Fsp3) is 0.333. The van der Waals surface area contributed by atoms with Crippen molar-refractivity contribution in [3.05, 3.63) is 48.0 Å². The molecule has 2 rings (SSSR count). The average molecular weight is 372 g/mol. The van der Waals surface area contributed by atoms with E-state index in [0.29, 0.717) is 17.7 Å². The molecule has 0 aliphatic carbocycles. The molecule has 2 aromatic rings.